The van der Waals surface area contributed by atoms with E-state index in [1.54, 1.807) is 0 Å². The molecule has 0 rings (SSSR count). The van der Waals surface area contributed by atoms with Gasteiger partial charge in [-0.15, -0.1) is 9.79 Å². The van der Waals surface area contributed by atoms with Crippen molar-refractivity contribution in [3.05, 3.63) is 24.3 Å². The number of carbonyl (C=O) groups is 2. The molecule has 0 aliphatic heterocycles. The van der Waals surface area contributed by atoms with E-state index in [0.717, 1.165) is 24.3 Å². The third-order valence-corrected chi connectivity index (χ3v) is 0.589. The maximum absolute atomic E-state index is 9.78. The second-order valence-corrected chi connectivity index (χ2v) is 2.15. The van der Waals surface area contributed by atoms with E-state index < -0.39 is 20.2 Å². The molecule has 7 nitrogen and oxygen atoms in total. The Hall–Kier alpha value is -1.56. The number of hydrogen-bond donors (Lipinski definition) is 4. The highest BCUT2D eigenvalue weighted by molar-refractivity contribution is 7.30. The minimum atomic E-state index is -2.87. The van der Waals surface area contributed by atoms with Crippen LogP contribution in [0, 0.1) is 0 Å². The van der Waals surface area contributed by atoms with Crippen LogP contribution in [0.1, 0.15) is 0 Å². The lowest BCUT2D eigenvalue weighted by molar-refractivity contribution is -0.132. The summed E-state index contributed by atoms with van der Waals surface area (Å²) < 4.78 is 8.70. The molecule has 0 atom stereocenters. The summed E-state index contributed by atoms with van der Waals surface area (Å²) in [5.41, 5.74) is 0. The number of carboxylic acid groups (broad SMARTS) is 2. The Labute approximate surface area is 79.6 Å². The lowest BCUT2D eigenvalue weighted by atomic mass is 10.4. The summed E-state index contributed by atoms with van der Waals surface area (Å²) in [4.78, 5) is 33.8. The summed E-state index contributed by atoms with van der Waals surface area (Å²) in [6.45, 7) is 0. The van der Waals surface area contributed by atoms with Gasteiger partial charge in [0.15, 0.2) is 0 Å². The standard InChI is InChI=1S/C6H6O4.HO3P/c7-5(8)3-1-2-4-6(9)10;1-4(2)3/h1-4H,(H,7,8)(H,9,10);(H-,1,2,3)/p+1/b3-1+,4-2+;. The number of hydrogen-bond acceptors (Lipinski definition) is 3. The van der Waals surface area contributed by atoms with E-state index in [1.807, 2.05) is 0 Å². The van der Waals surface area contributed by atoms with Gasteiger partial charge in [-0.3, -0.25) is 0 Å². The minimum absolute atomic E-state index is 0.847. The predicted molar refractivity (Wildman–Crippen MR) is 45.6 cm³/mol. The maximum atomic E-state index is 9.78. The molecule has 0 saturated carbocycles. The van der Waals surface area contributed by atoms with E-state index in [2.05, 4.69) is 0 Å². The Morgan fingerprint density at radius 2 is 1.14 bits per heavy atom. The smallest absolute Gasteiger partial charge is 0.478 e. The highest BCUT2D eigenvalue weighted by atomic mass is 31.1. The summed E-state index contributed by atoms with van der Waals surface area (Å²) in [5, 5.41) is 16.0. The van der Waals surface area contributed by atoms with E-state index in [0.29, 0.717) is 0 Å². The van der Waals surface area contributed by atoms with Crippen LogP contribution in [-0.4, -0.2) is 31.9 Å². The quantitative estimate of drug-likeness (QED) is 0.298. The van der Waals surface area contributed by atoms with Crippen LogP contribution < -0.4 is 0 Å². The van der Waals surface area contributed by atoms with E-state index in [-0.39, 0.29) is 0 Å². The van der Waals surface area contributed by atoms with Crippen molar-refractivity contribution < 1.29 is 34.2 Å². The topological polar surface area (TPSA) is 132 Å². The molecule has 78 valence electrons. The van der Waals surface area contributed by atoms with Gasteiger partial charge in [0.1, 0.15) is 0 Å². The number of aliphatic carboxylic acids is 2. The van der Waals surface area contributed by atoms with Crippen molar-refractivity contribution in [3.63, 3.8) is 0 Å². The van der Waals surface area contributed by atoms with Gasteiger partial charge in [-0.2, -0.15) is 0 Å². The van der Waals surface area contributed by atoms with Crippen LogP contribution in [0.5, 0.6) is 0 Å². The van der Waals surface area contributed by atoms with E-state index in [1.165, 1.54) is 0 Å². The number of allylic oxidation sites excluding steroid dienone is 2. The van der Waals surface area contributed by atoms with Gasteiger partial charge in [-0.25, -0.2) is 9.59 Å². The Kier molecular flexibility index (Phi) is 10.2. The molecule has 14 heavy (non-hydrogen) atoms. The Morgan fingerprint density at radius 1 is 0.929 bits per heavy atom. The number of rotatable bonds is 3. The minimum Gasteiger partial charge on any atom is -0.478 e. The van der Waals surface area contributed by atoms with Crippen LogP contribution in [0.15, 0.2) is 24.3 Å². The second-order valence-electron chi connectivity index (χ2n) is 1.65. The fourth-order valence-corrected chi connectivity index (χ4v) is 0.276. The highest BCUT2D eigenvalue weighted by Crippen LogP contribution is 1.98. The summed E-state index contributed by atoms with van der Waals surface area (Å²) in [7, 11) is -2.87. The first-order chi connectivity index (χ1) is 6.36. The third-order valence-electron chi connectivity index (χ3n) is 0.589. The first kappa shape index (κ1) is 14.9. The molecular weight excluding hydrogens is 215 g/mol. The second kappa shape index (κ2) is 9.53. The van der Waals surface area contributed by atoms with Crippen molar-refractivity contribution in [1.29, 1.82) is 0 Å². The fourth-order valence-electron chi connectivity index (χ4n) is 0.276. The Morgan fingerprint density at radius 3 is 1.29 bits per heavy atom. The van der Waals surface area contributed by atoms with Crippen molar-refractivity contribution in [2.24, 2.45) is 0 Å². The van der Waals surface area contributed by atoms with Crippen LogP contribution in [-0.2, 0) is 14.2 Å². The zero-order valence-electron chi connectivity index (χ0n) is 6.77. The van der Waals surface area contributed by atoms with Gasteiger partial charge in [-0.05, 0) is 0 Å². The molecular formula is C6H8O7P+. The zero-order valence-corrected chi connectivity index (χ0v) is 7.66. The van der Waals surface area contributed by atoms with Gasteiger partial charge in [0.2, 0.25) is 0 Å². The van der Waals surface area contributed by atoms with Gasteiger partial charge < -0.3 is 10.2 Å². The van der Waals surface area contributed by atoms with E-state index in [4.69, 9.17) is 24.6 Å². The molecule has 0 amide bonds. The van der Waals surface area contributed by atoms with Crippen LogP contribution in [0.2, 0.25) is 0 Å². The summed E-state index contributed by atoms with van der Waals surface area (Å²) in [6.07, 6.45) is 3.96. The third kappa shape index (κ3) is 31.4. The average Bonchev–Trinajstić information content (AvgIpc) is 1.96. The molecule has 0 heterocycles. The molecule has 0 aromatic carbocycles. The zero-order chi connectivity index (χ0) is 11.6. The van der Waals surface area contributed by atoms with E-state index >= 15 is 0 Å². The summed E-state index contributed by atoms with van der Waals surface area (Å²) >= 11 is 0. The molecule has 0 aromatic heterocycles. The summed E-state index contributed by atoms with van der Waals surface area (Å²) in [5.74, 6) is -2.20. The largest absolute Gasteiger partial charge is 0.692 e. The lowest BCUT2D eigenvalue weighted by Gasteiger charge is -1.75. The van der Waals surface area contributed by atoms with Gasteiger partial charge in [0, 0.05) is 16.7 Å². The molecule has 0 aromatic rings. The first-order valence-electron chi connectivity index (χ1n) is 3.02. The molecule has 0 aliphatic carbocycles. The van der Waals surface area contributed by atoms with Crippen LogP contribution in [0.4, 0.5) is 0 Å². The molecule has 0 aliphatic rings. The predicted octanol–water partition coefficient (Wildman–Crippen LogP) is -0.104. The van der Waals surface area contributed by atoms with Gasteiger partial charge in [-0.1, -0.05) is 12.2 Å². The molecule has 0 radical (unpaired) electrons. The summed E-state index contributed by atoms with van der Waals surface area (Å²) in [6, 6.07) is 0. The lowest BCUT2D eigenvalue weighted by Crippen LogP contribution is -1.86. The molecule has 0 fully saturated rings. The molecule has 8 heteroatoms. The van der Waals surface area contributed by atoms with Crippen molar-refractivity contribution >= 4 is 20.2 Å². The molecule has 0 unspecified atom stereocenters. The highest BCUT2D eigenvalue weighted by Gasteiger charge is 1.93. The van der Waals surface area contributed by atoms with Crippen molar-refractivity contribution in [3.8, 4) is 0 Å². The maximum Gasteiger partial charge on any atom is 0.692 e. The monoisotopic (exact) mass is 223 g/mol. The van der Waals surface area contributed by atoms with Crippen molar-refractivity contribution in [2.75, 3.05) is 0 Å². The average molecular weight is 223 g/mol. The van der Waals surface area contributed by atoms with E-state index in [9.17, 15) is 9.59 Å². The van der Waals surface area contributed by atoms with Gasteiger partial charge >= 0.3 is 20.2 Å². The normalized spacial score (nSPS) is 9.57. The molecule has 0 saturated heterocycles. The molecule has 0 bridgehead atoms. The van der Waals surface area contributed by atoms with Crippen LogP contribution >= 0.6 is 8.25 Å². The van der Waals surface area contributed by atoms with Crippen LogP contribution in [0.25, 0.3) is 0 Å². The molecule has 0 spiro atoms. The first-order valence-corrected chi connectivity index (χ1v) is 4.18. The molecule has 4 N–H and O–H groups in total. The Bertz CT molecular complexity index is 241. The Balaban J connectivity index is 0. The van der Waals surface area contributed by atoms with Crippen molar-refractivity contribution in [1.82, 2.24) is 0 Å². The number of carboxylic acids is 2. The SMILES string of the molecule is O=C(O)/C=C/C=C/C(=O)O.O=[P+](O)O. The van der Waals surface area contributed by atoms with Gasteiger partial charge in [0.05, 0.1) is 0 Å². The van der Waals surface area contributed by atoms with Crippen molar-refractivity contribution in [2.45, 2.75) is 0 Å². The van der Waals surface area contributed by atoms with Gasteiger partial charge in [0.25, 0.3) is 0 Å². The van der Waals surface area contributed by atoms with Crippen LogP contribution in [0.3, 0.4) is 0 Å². The fraction of sp³-hybridized carbons (Fsp3) is 0.